The number of hydrogen-bond donors (Lipinski definition) is 0. The number of nitrogens with zero attached hydrogens (tertiary/aromatic N) is 2. The fourth-order valence-electron chi connectivity index (χ4n) is 3.13. The van der Waals surface area contributed by atoms with Crippen molar-refractivity contribution in [2.45, 2.75) is 19.9 Å². The first-order chi connectivity index (χ1) is 12.7. The third-order valence-electron chi connectivity index (χ3n) is 4.57. The van der Waals surface area contributed by atoms with Crippen LogP contribution in [0.4, 0.5) is 0 Å². The summed E-state index contributed by atoms with van der Waals surface area (Å²) in [7, 11) is 0. The van der Waals surface area contributed by atoms with Crippen LogP contribution in [0.15, 0.2) is 53.9 Å². The van der Waals surface area contributed by atoms with E-state index in [2.05, 4.69) is 23.2 Å². The van der Waals surface area contributed by atoms with E-state index in [0.717, 1.165) is 29.2 Å². The van der Waals surface area contributed by atoms with Crippen LogP contribution < -0.4 is 4.74 Å². The molecule has 1 aliphatic heterocycles. The quantitative estimate of drug-likeness (QED) is 0.700. The average molecular weight is 364 g/mol. The maximum absolute atomic E-state index is 12.5. The predicted molar refractivity (Wildman–Crippen MR) is 103 cm³/mol. The number of fused-ring (bicyclic) bond motifs is 1. The van der Waals surface area contributed by atoms with Gasteiger partial charge in [-0.3, -0.25) is 4.79 Å². The van der Waals surface area contributed by atoms with Crippen molar-refractivity contribution in [1.29, 1.82) is 0 Å². The van der Waals surface area contributed by atoms with E-state index in [4.69, 9.17) is 4.74 Å². The summed E-state index contributed by atoms with van der Waals surface area (Å²) in [5.41, 5.74) is 4.66. The fraction of sp³-hybridized carbons (Fsp3) is 0.238. The summed E-state index contributed by atoms with van der Waals surface area (Å²) in [5.74, 6) is 0.729. The predicted octanol–water partition coefficient (Wildman–Crippen LogP) is 4.08. The number of aryl methyl sites for hydroxylation is 1. The van der Waals surface area contributed by atoms with Gasteiger partial charge in [-0.2, -0.15) is 0 Å². The molecule has 2 heterocycles. The highest BCUT2D eigenvalue weighted by Crippen LogP contribution is 2.25. The molecule has 0 saturated heterocycles. The number of rotatable bonds is 4. The summed E-state index contributed by atoms with van der Waals surface area (Å²) < 4.78 is 5.70. The fourth-order valence-corrected chi connectivity index (χ4v) is 3.93. The van der Waals surface area contributed by atoms with Crippen molar-refractivity contribution in [3.63, 3.8) is 0 Å². The van der Waals surface area contributed by atoms with E-state index in [-0.39, 0.29) is 12.5 Å². The van der Waals surface area contributed by atoms with Gasteiger partial charge in [0.2, 0.25) is 0 Å². The molecule has 0 atom stereocenters. The Kier molecular flexibility index (Phi) is 4.71. The average Bonchev–Trinajstić information content (AvgIpc) is 3.12. The lowest BCUT2D eigenvalue weighted by Crippen LogP contribution is -2.38. The third kappa shape index (κ3) is 3.63. The van der Waals surface area contributed by atoms with Gasteiger partial charge in [-0.25, -0.2) is 4.98 Å². The van der Waals surface area contributed by atoms with Crippen LogP contribution in [0.3, 0.4) is 0 Å². The maximum atomic E-state index is 12.5. The molecule has 1 aliphatic rings. The monoisotopic (exact) mass is 364 g/mol. The molecule has 1 amide bonds. The molecule has 0 fully saturated rings. The number of thiazole rings is 1. The van der Waals surface area contributed by atoms with Crippen LogP contribution >= 0.6 is 11.3 Å². The molecule has 0 N–H and O–H groups in total. The molecule has 1 aromatic heterocycles. The number of hydrogen-bond acceptors (Lipinski definition) is 4. The highest BCUT2D eigenvalue weighted by molar-refractivity contribution is 7.13. The van der Waals surface area contributed by atoms with Gasteiger partial charge < -0.3 is 9.64 Å². The number of ether oxygens (including phenoxy) is 1. The number of carbonyl (C=O) groups is 1. The molecule has 4 rings (SSSR count). The minimum atomic E-state index is 0.0270. The molecule has 0 spiro atoms. The summed E-state index contributed by atoms with van der Waals surface area (Å²) >= 11 is 1.63. The lowest BCUT2D eigenvalue weighted by Gasteiger charge is -2.28. The van der Waals surface area contributed by atoms with E-state index in [0.29, 0.717) is 12.3 Å². The zero-order valence-electron chi connectivity index (χ0n) is 14.6. The van der Waals surface area contributed by atoms with Crippen LogP contribution in [0.1, 0.15) is 16.8 Å². The number of aromatic nitrogens is 1. The summed E-state index contributed by atoms with van der Waals surface area (Å²) in [6, 6.07) is 16.1. The lowest BCUT2D eigenvalue weighted by molar-refractivity contribution is -0.134. The SMILES string of the molecule is Cc1csc(-c2ccc(OCC(=O)N3CCc4ccccc4C3)cc2)n1. The second kappa shape index (κ2) is 7.30. The summed E-state index contributed by atoms with van der Waals surface area (Å²) in [6.45, 7) is 3.47. The zero-order chi connectivity index (χ0) is 17.9. The highest BCUT2D eigenvalue weighted by atomic mass is 32.1. The molecule has 26 heavy (non-hydrogen) atoms. The zero-order valence-corrected chi connectivity index (χ0v) is 15.5. The molecule has 0 bridgehead atoms. The molecular formula is C21H20N2O2S. The maximum Gasteiger partial charge on any atom is 0.260 e. The molecule has 0 aliphatic carbocycles. The Morgan fingerprint density at radius 1 is 1.15 bits per heavy atom. The Morgan fingerprint density at radius 3 is 2.65 bits per heavy atom. The van der Waals surface area contributed by atoms with E-state index in [1.165, 1.54) is 11.1 Å². The second-order valence-corrected chi connectivity index (χ2v) is 7.30. The number of amides is 1. The van der Waals surface area contributed by atoms with Crippen LogP contribution in [0.2, 0.25) is 0 Å². The van der Waals surface area contributed by atoms with E-state index in [1.807, 2.05) is 47.5 Å². The topological polar surface area (TPSA) is 42.4 Å². The molecule has 4 nitrogen and oxygen atoms in total. The normalized spacial score (nSPS) is 13.3. The van der Waals surface area contributed by atoms with Crippen LogP contribution in [0, 0.1) is 6.92 Å². The van der Waals surface area contributed by atoms with Gasteiger partial charge in [0.05, 0.1) is 0 Å². The van der Waals surface area contributed by atoms with Crippen LogP contribution in [-0.2, 0) is 17.8 Å². The molecule has 0 radical (unpaired) electrons. The van der Waals surface area contributed by atoms with E-state index < -0.39 is 0 Å². The Labute approximate surface area is 157 Å². The number of benzene rings is 2. The first kappa shape index (κ1) is 16.8. The van der Waals surface area contributed by atoms with Crippen molar-refractivity contribution < 1.29 is 9.53 Å². The van der Waals surface area contributed by atoms with Gasteiger partial charge in [-0.15, -0.1) is 11.3 Å². The second-order valence-electron chi connectivity index (χ2n) is 6.44. The van der Waals surface area contributed by atoms with Gasteiger partial charge in [0.25, 0.3) is 5.91 Å². The summed E-state index contributed by atoms with van der Waals surface area (Å²) in [4.78, 5) is 18.8. The van der Waals surface area contributed by atoms with E-state index in [9.17, 15) is 4.79 Å². The third-order valence-corrected chi connectivity index (χ3v) is 5.58. The molecule has 3 aromatic rings. The molecule has 0 saturated carbocycles. The molecule has 5 heteroatoms. The Bertz CT molecular complexity index is 918. The standard InChI is InChI=1S/C21H20N2O2S/c1-15-14-26-21(22-15)17-6-8-19(9-7-17)25-13-20(24)23-11-10-16-4-2-3-5-18(16)12-23/h2-9,14H,10-13H2,1H3. The van der Waals surface area contributed by atoms with E-state index in [1.54, 1.807) is 11.3 Å². The van der Waals surface area contributed by atoms with Gasteiger partial charge in [-0.1, -0.05) is 24.3 Å². The van der Waals surface area contributed by atoms with Crippen molar-refractivity contribution in [3.05, 3.63) is 70.7 Å². The van der Waals surface area contributed by atoms with Crippen LogP contribution in [0.25, 0.3) is 10.6 Å². The molecule has 132 valence electrons. The first-order valence-corrected chi connectivity index (χ1v) is 9.57. The smallest absolute Gasteiger partial charge is 0.260 e. The highest BCUT2D eigenvalue weighted by Gasteiger charge is 2.20. The summed E-state index contributed by atoms with van der Waals surface area (Å²) in [5, 5.41) is 3.03. The molecular weight excluding hydrogens is 344 g/mol. The van der Waals surface area contributed by atoms with Crippen LogP contribution in [-0.4, -0.2) is 28.9 Å². The molecule has 2 aromatic carbocycles. The Hall–Kier alpha value is -2.66. The van der Waals surface area contributed by atoms with Crippen molar-refractivity contribution >= 4 is 17.2 Å². The van der Waals surface area contributed by atoms with Crippen LogP contribution in [0.5, 0.6) is 5.75 Å². The Balaban J connectivity index is 1.35. The number of carbonyl (C=O) groups excluding carboxylic acids is 1. The van der Waals surface area contributed by atoms with Crippen molar-refractivity contribution in [3.8, 4) is 16.3 Å². The van der Waals surface area contributed by atoms with Crippen molar-refractivity contribution in [2.75, 3.05) is 13.2 Å². The van der Waals surface area contributed by atoms with Gasteiger partial charge in [0, 0.05) is 29.7 Å². The van der Waals surface area contributed by atoms with Gasteiger partial charge in [-0.05, 0) is 48.7 Å². The van der Waals surface area contributed by atoms with Gasteiger partial charge >= 0.3 is 0 Å². The van der Waals surface area contributed by atoms with E-state index >= 15 is 0 Å². The van der Waals surface area contributed by atoms with Crippen molar-refractivity contribution in [2.24, 2.45) is 0 Å². The minimum absolute atomic E-state index is 0.0270. The van der Waals surface area contributed by atoms with Gasteiger partial charge in [0.15, 0.2) is 6.61 Å². The van der Waals surface area contributed by atoms with Crippen molar-refractivity contribution in [1.82, 2.24) is 9.88 Å². The summed E-state index contributed by atoms with van der Waals surface area (Å²) in [6.07, 6.45) is 0.907. The lowest BCUT2D eigenvalue weighted by atomic mass is 10.00. The molecule has 0 unspecified atom stereocenters. The van der Waals surface area contributed by atoms with Gasteiger partial charge in [0.1, 0.15) is 10.8 Å². The largest absolute Gasteiger partial charge is 0.484 e. The first-order valence-electron chi connectivity index (χ1n) is 8.69. The minimum Gasteiger partial charge on any atom is -0.484 e. The Morgan fingerprint density at radius 2 is 1.92 bits per heavy atom.